The molecule has 0 fully saturated rings. The van der Waals surface area contributed by atoms with Gasteiger partial charge in [-0.15, -0.1) is 0 Å². The molecule has 0 aliphatic carbocycles. The van der Waals surface area contributed by atoms with Crippen LogP contribution in [0, 0.1) is 12.7 Å². The highest BCUT2D eigenvalue weighted by Crippen LogP contribution is 2.30. The van der Waals surface area contributed by atoms with Gasteiger partial charge >= 0.3 is 0 Å². The van der Waals surface area contributed by atoms with Crippen LogP contribution in [0.25, 0.3) is 0 Å². The second-order valence-electron chi connectivity index (χ2n) is 5.29. The maximum Gasteiger partial charge on any atom is 0.123 e. The Bertz CT molecular complexity index is 612. The van der Waals surface area contributed by atoms with Crippen molar-refractivity contribution in [3.63, 3.8) is 0 Å². The third kappa shape index (κ3) is 3.20. The molecule has 0 aliphatic rings. The Hall–Kier alpha value is -1.38. The van der Waals surface area contributed by atoms with Crippen LogP contribution in [0.5, 0.6) is 0 Å². The second-order valence-corrected chi connectivity index (χ2v) is 5.70. The predicted octanol–water partition coefficient (Wildman–Crippen LogP) is 4.59. The molecule has 106 valence electrons. The zero-order valence-electron chi connectivity index (χ0n) is 11.8. The predicted molar refractivity (Wildman–Crippen MR) is 82.4 cm³/mol. The Kier molecular flexibility index (Phi) is 4.46. The molecule has 2 aromatic rings. The lowest BCUT2D eigenvalue weighted by atomic mass is 9.82. The average molecular weight is 292 g/mol. The van der Waals surface area contributed by atoms with Gasteiger partial charge in [0, 0.05) is 10.6 Å². The van der Waals surface area contributed by atoms with Gasteiger partial charge in [-0.3, -0.25) is 0 Å². The van der Waals surface area contributed by atoms with Crippen LogP contribution in [0.3, 0.4) is 0 Å². The maximum atomic E-state index is 13.4. The van der Waals surface area contributed by atoms with Crippen LogP contribution in [0.2, 0.25) is 5.02 Å². The number of rotatable bonds is 4. The van der Waals surface area contributed by atoms with Crippen LogP contribution in [-0.4, -0.2) is 0 Å². The number of nitrogens with two attached hydrogens (primary N) is 1. The van der Waals surface area contributed by atoms with Crippen LogP contribution < -0.4 is 5.73 Å². The fourth-order valence-electron chi connectivity index (χ4n) is 2.36. The van der Waals surface area contributed by atoms with E-state index in [-0.39, 0.29) is 5.82 Å². The van der Waals surface area contributed by atoms with Crippen molar-refractivity contribution in [3.8, 4) is 0 Å². The van der Waals surface area contributed by atoms with Crippen LogP contribution >= 0.6 is 11.6 Å². The summed E-state index contributed by atoms with van der Waals surface area (Å²) in [5.74, 6) is -0.263. The van der Waals surface area contributed by atoms with Gasteiger partial charge in [0.1, 0.15) is 5.82 Å². The van der Waals surface area contributed by atoms with E-state index in [1.54, 1.807) is 6.07 Å². The molecule has 3 heteroatoms. The molecule has 2 rings (SSSR count). The summed E-state index contributed by atoms with van der Waals surface area (Å²) in [5, 5.41) is 0.713. The van der Waals surface area contributed by atoms with Gasteiger partial charge in [0.15, 0.2) is 0 Å². The molecule has 0 bridgehead atoms. The fraction of sp³-hybridized carbons (Fsp3) is 0.294. The molecule has 0 saturated carbocycles. The molecular weight excluding hydrogens is 273 g/mol. The summed E-state index contributed by atoms with van der Waals surface area (Å²) < 4.78 is 13.4. The number of hydrogen-bond acceptors (Lipinski definition) is 1. The van der Waals surface area contributed by atoms with Crippen LogP contribution in [0.15, 0.2) is 42.5 Å². The summed E-state index contributed by atoms with van der Waals surface area (Å²) >= 11 is 6.28. The molecule has 2 N–H and O–H groups in total. The van der Waals surface area contributed by atoms with E-state index < -0.39 is 5.54 Å². The molecule has 20 heavy (non-hydrogen) atoms. The summed E-state index contributed by atoms with van der Waals surface area (Å²) in [4.78, 5) is 0. The lowest BCUT2D eigenvalue weighted by Crippen LogP contribution is -2.38. The van der Waals surface area contributed by atoms with Crippen LogP contribution in [0.1, 0.15) is 30.0 Å². The van der Waals surface area contributed by atoms with Crippen LogP contribution in [0.4, 0.5) is 4.39 Å². The molecule has 1 atom stereocenters. The van der Waals surface area contributed by atoms with Crippen molar-refractivity contribution in [3.05, 3.63) is 70.0 Å². The number of halogens is 2. The van der Waals surface area contributed by atoms with Gasteiger partial charge in [0.2, 0.25) is 0 Å². The minimum Gasteiger partial charge on any atom is -0.321 e. The molecule has 0 radical (unpaired) electrons. The van der Waals surface area contributed by atoms with E-state index in [2.05, 4.69) is 0 Å². The van der Waals surface area contributed by atoms with Crippen molar-refractivity contribution >= 4 is 11.6 Å². The summed E-state index contributed by atoms with van der Waals surface area (Å²) in [6.07, 6.45) is 1.30. The molecule has 0 amide bonds. The first-order chi connectivity index (χ1) is 9.44. The van der Waals surface area contributed by atoms with Crippen molar-refractivity contribution in [1.82, 2.24) is 0 Å². The van der Waals surface area contributed by atoms with Crippen molar-refractivity contribution in [2.24, 2.45) is 5.73 Å². The standard InChI is InChI=1S/C17H19ClFN/c1-3-17(20,14-5-4-6-15(19)10-14)11-13-8-7-12(2)9-16(13)18/h4-10H,3,11,20H2,1-2H3. The smallest absolute Gasteiger partial charge is 0.123 e. The first-order valence-corrected chi connectivity index (χ1v) is 7.12. The minimum absolute atomic E-state index is 0.263. The molecule has 0 spiro atoms. The molecule has 1 unspecified atom stereocenters. The molecular formula is C17H19ClFN. The maximum absolute atomic E-state index is 13.4. The van der Waals surface area contributed by atoms with Gasteiger partial charge in [-0.1, -0.05) is 42.8 Å². The summed E-state index contributed by atoms with van der Waals surface area (Å²) in [5.41, 5.74) is 8.80. The Morgan fingerprint density at radius 2 is 1.95 bits per heavy atom. The molecule has 0 heterocycles. The van der Waals surface area contributed by atoms with Gasteiger partial charge < -0.3 is 5.73 Å². The van der Waals surface area contributed by atoms with E-state index in [1.807, 2.05) is 38.1 Å². The van der Waals surface area contributed by atoms with Gasteiger partial charge in [0.05, 0.1) is 0 Å². The van der Waals surface area contributed by atoms with E-state index in [4.69, 9.17) is 17.3 Å². The largest absolute Gasteiger partial charge is 0.321 e. The SMILES string of the molecule is CCC(N)(Cc1ccc(C)cc1Cl)c1cccc(F)c1. The van der Waals surface area contributed by atoms with E-state index in [1.165, 1.54) is 12.1 Å². The van der Waals surface area contributed by atoms with Crippen LogP contribution in [-0.2, 0) is 12.0 Å². The Labute approximate surface area is 124 Å². The fourth-order valence-corrected chi connectivity index (χ4v) is 2.67. The van der Waals surface area contributed by atoms with Crippen molar-refractivity contribution in [1.29, 1.82) is 0 Å². The highest BCUT2D eigenvalue weighted by molar-refractivity contribution is 6.31. The molecule has 0 aromatic heterocycles. The first kappa shape index (κ1) is 15.0. The topological polar surface area (TPSA) is 26.0 Å². The normalized spacial score (nSPS) is 14.1. The lowest BCUT2D eigenvalue weighted by molar-refractivity contribution is 0.422. The third-order valence-electron chi connectivity index (χ3n) is 3.74. The van der Waals surface area contributed by atoms with E-state index in [0.717, 1.165) is 16.7 Å². The van der Waals surface area contributed by atoms with Crippen molar-refractivity contribution in [2.75, 3.05) is 0 Å². The summed E-state index contributed by atoms with van der Waals surface area (Å²) in [7, 11) is 0. The highest BCUT2D eigenvalue weighted by Gasteiger charge is 2.26. The summed E-state index contributed by atoms with van der Waals surface area (Å²) in [6, 6.07) is 12.4. The average Bonchev–Trinajstić information content (AvgIpc) is 2.42. The number of hydrogen-bond donors (Lipinski definition) is 1. The third-order valence-corrected chi connectivity index (χ3v) is 4.10. The van der Waals surface area contributed by atoms with Crippen molar-refractivity contribution < 1.29 is 4.39 Å². The van der Waals surface area contributed by atoms with Gasteiger partial charge in [-0.25, -0.2) is 4.39 Å². The van der Waals surface area contributed by atoms with E-state index >= 15 is 0 Å². The van der Waals surface area contributed by atoms with E-state index in [9.17, 15) is 4.39 Å². The second kappa shape index (κ2) is 5.94. The van der Waals surface area contributed by atoms with Gasteiger partial charge in [-0.2, -0.15) is 0 Å². The summed E-state index contributed by atoms with van der Waals surface area (Å²) in [6.45, 7) is 4.00. The molecule has 2 aromatic carbocycles. The Morgan fingerprint density at radius 1 is 1.20 bits per heavy atom. The van der Waals surface area contributed by atoms with Crippen molar-refractivity contribution in [2.45, 2.75) is 32.2 Å². The van der Waals surface area contributed by atoms with Gasteiger partial charge in [0.25, 0.3) is 0 Å². The van der Waals surface area contributed by atoms with E-state index in [0.29, 0.717) is 17.9 Å². The molecule has 0 saturated heterocycles. The molecule has 1 nitrogen and oxygen atoms in total. The Balaban J connectivity index is 2.36. The Morgan fingerprint density at radius 3 is 2.55 bits per heavy atom. The zero-order chi connectivity index (χ0) is 14.8. The van der Waals surface area contributed by atoms with Gasteiger partial charge in [-0.05, 0) is 54.7 Å². The zero-order valence-corrected chi connectivity index (χ0v) is 12.5. The first-order valence-electron chi connectivity index (χ1n) is 6.74. The lowest BCUT2D eigenvalue weighted by Gasteiger charge is -2.29. The minimum atomic E-state index is -0.610. The monoisotopic (exact) mass is 291 g/mol. The number of aryl methyl sites for hydroxylation is 1. The quantitative estimate of drug-likeness (QED) is 0.876. The highest BCUT2D eigenvalue weighted by atomic mass is 35.5. The number of benzene rings is 2. The molecule has 0 aliphatic heterocycles.